The molecule has 335 valence electrons. The number of allylic oxidation sites excluding steroid dienone is 1. The van der Waals surface area contributed by atoms with Gasteiger partial charge < -0.3 is 14.3 Å². The first kappa shape index (κ1) is 41.2. The van der Waals surface area contributed by atoms with Gasteiger partial charge in [-0.1, -0.05) is 139 Å². The first-order valence-corrected chi connectivity index (χ1v) is 25.7. The fourth-order valence-electron chi connectivity index (χ4n) is 12.3. The quantitative estimate of drug-likeness (QED) is 0.178. The molecule has 0 amide bonds. The smallest absolute Gasteiger partial charge is 0.197 e. The molecular formula is C64H54BN2OS. The predicted octanol–water partition coefficient (Wildman–Crippen LogP) is 16.6. The zero-order valence-electron chi connectivity index (χ0n) is 40.5. The van der Waals surface area contributed by atoms with Gasteiger partial charge in [-0.25, -0.2) is 0 Å². The Labute approximate surface area is 408 Å². The molecule has 0 bridgehead atoms. The molecule has 0 atom stereocenters. The molecule has 3 aromatic heterocycles. The van der Waals surface area contributed by atoms with Crippen molar-refractivity contribution in [3.63, 3.8) is 0 Å². The van der Waals surface area contributed by atoms with Crippen LogP contribution in [0.3, 0.4) is 0 Å². The molecule has 3 nitrogen and oxygen atoms in total. The summed E-state index contributed by atoms with van der Waals surface area (Å²) in [5.41, 5.74) is 22.4. The third kappa shape index (κ3) is 6.25. The lowest BCUT2D eigenvalue weighted by atomic mass is 9.58. The molecule has 14 rings (SSSR count). The van der Waals surface area contributed by atoms with Crippen LogP contribution in [0.1, 0.15) is 101 Å². The molecule has 1 N–H and O–H groups in total. The lowest BCUT2D eigenvalue weighted by Gasteiger charge is -2.41. The van der Waals surface area contributed by atoms with Crippen molar-refractivity contribution < 1.29 is 4.42 Å². The van der Waals surface area contributed by atoms with Crippen LogP contribution in [0.25, 0.3) is 92.4 Å². The minimum Gasteiger partial charge on any atom is -0.456 e. The standard InChI is InChI=1S/C64H54BN2OS/c1-62(2,3)40-19-21-41(22-20-40)66-53-34-57-47(48-32-50-51(33-56(48)68-57)64(6,7)26-25-63(50,4)5)30-45(53)43-23-24-44-46-31-49-42-15-11-12-16-58(42)69-59(49)35-54(46)67-55-29-39-27-37(36-13-9-8-10-14-36)17-18-38(39)28-52(55)65-60(43)61(44)67/h8-16,19-24,27-35,66H,17-18,25-26H2,1-7H3. The van der Waals surface area contributed by atoms with E-state index in [1.807, 2.05) is 11.3 Å². The zero-order chi connectivity index (χ0) is 46.7. The SMILES string of the molecule is CC(C)(C)c1ccc(Nc2cc3oc4cc5c(cc4c3cc2-c2ccc3c4cc6c(cc4n4c3c2[B]c2cc3c(cc2-4)C=C(c2ccccc2)CC3)sc2ccccc26)C(C)(C)CCC5(C)C)cc1. The fraction of sp³-hybridized carbons (Fsp3) is 0.219. The summed E-state index contributed by atoms with van der Waals surface area (Å²) in [6.07, 6.45) is 6.82. The Kier molecular flexibility index (Phi) is 8.58. The molecule has 0 saturated carbocycles. The summed E-state index contributed by atoms with van der Waals surface area (Å²) >= 11 is 1.90. The minimum atomic E-state index is 0.0593. The highest BCUT2D eigenvalue weighted by Gasteiger charge is 2.38. The average molecular weight is 910 g/mol. The third-order valence-electron chi connectivity index (χ3n) is 16.3. The largest absolute Gasteiger partial charge is 0.456 e. The van der Waals surface area contributed by atoms with Gasteiger partial charge in [-0.05, 0) is 147 Å². The van der Waals surface area contributed by atoms with E-state index in [-0.39, 0.29) is 16.2 Å². The lowest BCUT2D eigenvalue weighted by molar-refractivity contribution is 0.332. The first-order chi connectivity index (χ1) is 33.3. The van der Waals surface area contributed by atoms with Gasteiger partial charge in [0.15, 0.2) is 7.28 Å². The molecule has 3 aliphatic rings. The summed E-state index contributed by atoms with van der Waals surface area (Å²) in [4.78, 5) is 0. The number of nitrogens with one attached hydrogen (secondary N) is 1. The maximum atomic E-state index is 6.95. The number of anilines is 2. The number of rotatable bonds is 4. The van der Waals surface area contributed by atoms with E-state index in [2.05, 4.69) is 211 Å². The molecule has 69 heavy (non-hydrogen) atoms. The van der Waals surface area contributed by atoms with Crippen molar-refractivity contribution in [2.45, 2.75) is 90.4 Å². The van der Waals surface area contributed by atoms with Crippen LogP contribution >= 0.6 is 11.3 Å². The van der Waals surface area contributed by atoms with E-state index in [1.54, 1.807) is 0 Å². The number of hydrogen-bond donors (Lipinski definition) is 1. The molecule has 11 aromatic rings. The Morgan fingerprint density at radius 2 is 1.36 bits per heavy atom. The maximum Gasteiger partial charge on any atom is 0.197 e. The van der Waals surface area contributed by atoms with Crippen LogP contribution in [0, 0.1) is 0 Å². The Morgan fingerprint density at radius 3 is 2.16 bits per heavy atom. The van der Waals surface area contributed by atoms with Crippen molar-refractivity contribution in [3.05, 3.63) is 173 Å². The van der Waals surface area contributed by atoms with Gasteiger partial charge in [0.25, 0.3) is 0 Å². The first-order valence-electron chi connectivity index (χ1n) is 24.9. The molecule has 1 radical (unpaired) electrons. The Balaban J connectivity index is 1.04. The van der Waals surface area contributed by atoms with Crippen LogP contribution in [0.5, 0.6) is 0 Å². The molecule has 1 aliphatic heterocycles. The fourth-order valence-corrected chi connectivity index (χ4v) is 13.4. The van der Waals surface area contributed by atoms with E-state index in [1.165, 1.54) is 108 Å². The zero-order valence-corrected chi connectivity index (χ0v) is 41.3. The topological polar surface area (TPSA) is 30.1 Å². The molecule has 0 unspecified atom stereocenters. The maximum absolute atomic E-state index is 6.95. The second kappa shape index (κ2) is 14.4. The van der Waals surface area contributed by atoms with Crippen LogP contribution in [-0.4, -0.2) is 11.8 Å². The van der Waals surface area contributed by atoms with E-state index in [4.69, 9.17) is 4.42 Å². The Morgan fingerprint density at radius 1 is 0.623 bits per heavy atom. The van der Waals surface area contributed by atoms with Crippen LogP contribution in [-0.2, 0) is 22.7 Å². The average Bonchev–Trinajstić information content (AvgIpc) is 4.00. The molecule has 0 saturated heterocycles. The van der Waals surface area contributed by atoms with Gasteiger partial charge in [0.2, 0.25) is 0 Å². The van der Waals surface area contributed by atoms with Crippen molar-refractivity contribution in [1.82, 2.24) is 4.57 Å². The van der Waals surface area contributed by atoms with Crippen LogP contribution in [0.2, 0.25) is 0 Å². The number of aromatic nitrogens is 1. The minimum absolute atomic E-state index is 0.0593. The number of nitrogens with zero attached hydrogens (tertiary/aromatic N) is 1. The summed E-state index contributed by atoms with van der Waals surface area (Å²) in [6, 6.07) is 53.1. The van der Waals surface area contributed by atoms with E-state index in [9.17, 15) is 0 Å². The van der Waals surface area contributed by atoms with Crippen molar-refractivity contribution in [2.75, 3.05) is 5.32 Å². The Bertz CT molecular complexity index is 4040. The summed E-state index contributed by atoms with van der Waals surface area (Å²) in [5, 5.41) is 11.5. The van der Waals surface area contributed by atoms with E-state index >= 15 is 0 Å². The van der Waals surface area contributed by atoms with Crippen LogP contribution in [0.15, 0.2) is 144 Å². The number of thiophene rings is 1. The summed E-state index contributed by atoms with van der Waals surface area (Å²) in [7, 11) is 2.50. The second-order valence-corrected chi connectivity index (χ2v) is 23.7. The lowest BCUT2D eigenvalue weighted by Crippen LogP contribution is -2.38. The summed E-state index contributed by atoms with van der Waals surface area (Å²) < 4.78 is 12.2. The van der Waals surface area contributed by atoms with Gasteiger partial charge in [0.05, 0.1) is 11.2 Å². The number of aryl methyl sites for hydroxylation is 1. The molecule has 8 aromatic carbocycles. The normalized spacial score (nSPS) is 16.0. The Hall–Kier alpha value is -6.82. The van der Waals surface area contributed by atoms with Gasteiger partial charge >= 0.3 is 0 Å². The van der Waals surface area contributed by atoms with Gasteiger partial charge in [-0.15, -0.1) is 11.3 Å². The number of furan rings is 1. The predicted molar refractivity (Wildman–Crippen MR) is 298 cm³/mol. The highest BCUT2D eigenvalue weighted by Crippen LogP contribution is 2.50. The number of benzene rings is 8. The monoisotopic (exact) mass is 909 g/mol. The molecule has 0 fully saturated rings. The highest BCUT2D eigenvalue weighted by molar-refractivity contribution is 7.25. The van der Waals surface area contributed by atoms with Gasteiger partial charge in [-0.3, -0.25) is 0 Å². The van der Waals surface area contributed by atoms with Crippen molar-refractivity contribution >= 4 is 116 Å². The van der Waals surface area contributed by atoms with E-state index in [0.717, 1.165) is 59.2 Å². The van der Waals surface area contributed by atoms with E-state index < -0.39 is 0 Å². The highest BCUT2D eigenvalue weighted by atomic mass is 32.1. The van der Waals surface area contributed by atoms with Crippen molar-refractivity contribution in [1.29, 1.82) is 0 Å². The third-order valence-corrected chi connectivity index (χ3v) is 17.5. The summed E-state index contributed by atoms with van der Waals surface area (Å²) in [6.45, 7) is 16.5. The number of hydrogen-bond acceptors (Lipinski definition) is 3. The summed E-state index contributed by atoms with van der Waals surface area (Å²) in [5.74, 6) is 0. The van der Waals surface area contributed by atoms with Gasteiger partial charge in [0.1, 0.15) is 11.2 Å². The number of fused-ring (bicyclic) bond motifs is 13. The van der Waals surface area contributed by atoms with Crippen LogP contribution in [0.4, 0.5) is 11.4 Å². The molecule has 5 heteroatoms. The molecule has 2 aliphatic carbocycles. The van der Waals surface area contributed by atoms with Crippen molar-refractivity contribution in [3.8, 4) is 16.8 Å². The van der Waals surface area contributed by atoms with Crippen molar-refractivity contribution in [2.24, 2.45) is 0 Å². The van der Waals surface area contributed by atoms with Gasteiger partial charge in [0, 0.05) is 70.2 Å². The molecular weight excluding hydrogens is 856 g/mol. The van der Waals surface area contributed by atoms with Crippen LogP contribution < -0.4 is 16.2 Å². The molecule has 0 spiro atoms. The van der Waals surface area contributed by atoms with E-state index in [0.29, 0.717) is 0 Å². The second-order valence-electron chi connectivity index (χ2n) is 22.6. The molecule has 4 heterocycles. The van der Waals surface area contributed by atoms with Gasteiger partial charge in [-0.2, -0.15) is 0 Å².